The molecule has 1 atom stereocenters. The minimum Gasteiger partial charge on any atom is -0.393 e. The summed E-state index contributed by atoms with van der Waals surface area (Å²) in [5, 5.41) is 14.1. The Hall–Kier alpha value is -1.12. The maximum atomic E-state index is 9.90. The van der Waals surface area contributed by atoms with Gasteiger partial charge in [-0.2, -0.15) is 11.3 Å². The minimum absolute atomic E-state index is 0.201. The smallest absolute Gasteiger partial charge is 0.0581 e. The van der Waals surface area contributed by atoms with Crippen molar-refractivity contribution in [2.75, 3.05) is 0 Å². The average Bonchev–Trinajstić information content (AvgIpc) is 2.83. The molecule has 0 aliphatic rings. The molecule has 0 saturated carbocycles. The summed E-state index contributed by atoms with van der Waals surface area (Å²) in [5.74, 6) is 0. The fourth-order valence-electron chi connectivity index (χ4n) is 1.97. The zero-order valence-electron chi connectivity index (χ0n) is 9.88. The van der Waals surface area contributed by atoms with Gasteiger partial charge in [0, 0.05) is 0 Å². The quantitative estimate of drug-likeness (QED) is 0.824. The molecular formula is C15H18OS. The summed E-state index contributed by atoms with van der Waals surface area (Å²) in [6, 6.07) is 12.5. The van der Waals surface area contributed by atoms with E-state index < -0.39 is 0 Å². The van der Waals surface area contributed by atoms with Crippen LogP contribution in [0.5, 0.6) is 0 Å². The van der Waals surface area contributed by atoms with Gasteiger partial charge in [-0.3, -0.25) is 0 Å². The zero-order valence-corrected chi connectivity index (χ0v) is 10.7. The number of aryl methyl sites for hydroxylation is 1. The largest absolute Gasteiger partial charge is 0.393 e. The minimum atomic E-state index is -0.201. The molecule has 0 saturated heterocycles. The standard InChI is InChI=1S/C15H18OS/c16-15(11-14-9-10-17-12-14)8-4-7-13-5-2-1-3-6-13/h1-3,5-6,9-10,12,15-16H,4,7-8,11H2. The molecule has 2 heteroatoms. The van der Waals surface area contributed by atoms with E-state index in [1.54, 1.807) is 11.3 Å². The Morgan fingerprint density at radius 2 is 1.88 bits per heavy atom. The SMILES string of the molecule is OC(CCCc1ccccc1)Cc1ccsc1. The summed E-state index contributed by atoms with van der Waals surface area (Å²) in [6.45, 7) is 0. The molecule has 0 aliphatic carbocycles. The highest BCUT2D eigenvalue weighted by Crippen LogP contribution is 2.12. The molecule has 1 N–H and O–H groups in total. The second-order valence-corrected chi connectivity index (χ2v) is 5.15. The first-order valence-corrected chi connectivity index (χ1v) is 7.02. The molecule has 0 spiro atoms. The second kappa shape index (κ2) is 6.58. The first kappa shape index (κ1) is 12.3. The van der Waals surface area contributed by atoms with Crippen molar-refractivity contribution in [2.45, 2.75) is 31.8 Å². The van der Waals surface area contributed by atoms with Crippen molar-refractivity contribution < 1.29 is 5.11 Å². The van der Waals surface area contributed by atoms with E-state index in [2.05, 4.69) is 41.1 Å². The van der Waals surface area contributed by atoms with Gasteiger partial charge >= 0.3 is 0 Å². The molecule has 1 unspecified atom stereocenters. The van der Waals surface area contributed by atoms with Crippen molar-refractivity contribution in [2.24, 2.45) is 0 Å². The van der Waals surface area contributed by atoms with Gasteiger partial charge in [0.2, 0.25) is 0 Å². The highest BCUT2D eigenvalue weighted by molar-refractivity contribution is 7.07. The lowest BCUT2D eigenvalue weighted by Gasteiger charge is -2.09. The van der Waals surface area contributed by atoms with Crippen LogP contribution in [0.3, 0.4) is 0 Å². The van der Waals surface area contributed by atoms with Crippen LogP contribution >= 0.6 is 11.3 Å². The fraction of sp³-hybridized carbons (Fsp3) is 0.333. The van der Waals surface area contributed by atoms with Crippen LogP contribution in [0.4, 0.5) is 0 Å². The lowest BCUT2D eigenvalue weighted by molar-refractivity contribution is 0.162. The number of thiophene rings is 1. The summed E-state index contributed by atoms with van der Waals surface area (Å²) >= 11 is 1.69. The van der Waals surface area contributed by atoms with Crippen LogP contribution in [0, 0.1) is 0 Å². The topological polar surface area (TPSA) is 20.2 Å². The number of aliphatic hydroxyl groups excluding tert-OH is 1. The van der Waals surface area contributed by atoms with E-state index in [1.807, 2.05) is 6.07 Å². The lowest BCUT2D eigenvalue weighted by atomic mass is 10.0. The molecular weight excluding hydrogens is 228 g/mol. The molecule has 90 valence electrons. The Kier molecular flexibility index (Phi) is 4.77. The highest BCUT2D eigenvalue weighted by Gasteiger charge is 2.05. The first-order valence-electron chi connectivity index (χ1n) is 6.07. The van der Waals surface area contributed by atoms with Gasteiger partial charge in [0.15, 0.2) is 0 Å². The molecule has 0 radical (unpaired) electrons. The third-order valence-electron chi connectivity index (χ3n) is 2.90. The Labute approximate surface area is 107 Å². The van der Waals surface area contributed by atoms with Gasteiger partial charge < -0.3 is 5.11 Å². The molecule has 0 aliphatic heterocycles. The molecule has 17 heavy (non-hydrogen) atoms. The van der Waals surface area contributed by atoms with E-state index >= 15 is 0 Å². The van der Waals surface area contributed by atoms with Crippen LogP contribution in [0.1, 0.15) is 24.0 Å². The molecule has 1 heterocycles. The van der Waals surface area contributed by atoms with Crippen LogP contribution < -0.4 is 0 Å². The summed E-state index contributed by atoms with van der Waals surface area (Å²) in [7, 11) is 0. The van der Waals surface area contributed by atoms with Crippen molar-refractivity contribution >= 4 is 11.3 Å². The molecule has 0 amide bonds. The van der Waals surface area contributed by atoms with Gasteiger partial charge in [-0.05, 0) is 53.6 Å². The summed E-state index contributed by atoms with van der Waals surface area (Å²) in [5.41, 5.74) is 2.61. The fourth-order valence-corrected chi connectivity index (χ4v) is 2.65. The summed E-state index contributed by atoms with van der Waals surface area (Å²) in [6.07, 6.45) is 3.58. The number of aliphatic hydroxyl groups is 1. The normalized spacial score (nSPS) is 12.5. The van der Waals surface area contributed by atoms with E-state index in [9.17, 15) is 5.11 Å². The molecule has 0 bridgehead atoms. The third-order valence-corrected chi connectivity index (χ3v) is 3.63. The van der Waals surface area contributed by atoms with Gasteiger partial charge in [-0.25, -0.2) is 0 Å². The van der Waals surface area contributed by atoms with Crippen LogP contribution in [-0.4, -0.2) is 11.2 Å². The molecule has 0 fully saturated rings. The maximum Gasteiger partial charge on any atom is 0.0581 e. The Morgan fingerprint density at radius 1 is 1.06 bits per heavy atom. The van der Waals surface area contributed by atoms with Crippen LogP contribution in [-0.2, 0) is 12.8 Å². The lowest BCUT2D eigenvalue weighted by Crippen LogP contribution is -2.10. The monoisotopic (exact) mass is 246 g/mol. The van der Waals surface area contributed by atoms with E-state index in [0.29, 0.717) is 0 Å². The second-order valence-electron chi connectivity index (χ2n) is 4.37. The summed E-state index contributed by atoms with van der Waals surface area (Å²) in [4.78, 5) is 0. The van der Waals surface area contributed by atoms with E-state index in [0.717, 1.165) is 25.7 Å². The highest BCUT2D eigenvalue weighted by atomic mass is 32.1. The van der Waals surface area contributed by atoms with Gasteiger partial charge in [0.25, 0.3) is 0 Å². The Balaban J connectivity index is 1.68. The van der Waals surface area contributed by atoms with Crippen LogP contribution in [0.2, 0.25) is 0 Å². The number of hydrogen-bond donors (Lipinski definition) is 1. The van der Waals surface area contributed by atoms with Gasteiger partial charge in [0.05, 0.1) is 6.10 Å². The Morgan fingerprint density at radius 3 is 2.59 bits per heavy atom. The predicted molar refractivity (Wildman–Crippen MR) is 73.4 cm³/mol. The van der Waals surface area contributed by atoms with E-state index in [1.165, 1.54) is 11.1 Å². The number of benzene rings is 1. The van der Waals surface area contributed by atoms with E-state index in [-0.39, 0.29) is 6.10 Å². The molecule has 2 rings (SSSR count). The van der Waals surface area contributed by atoms with Gasteiger partial charge in [-0.1, -0.05) is 30.3 Å². The van der Waals surface area contributed by atoms with Crippen molar-refractivity contribution in [3.05, 3.63) is 58.3 Å². The van der Waals surface area contributed by atoms with E-state index in [4.69, 9.17) is 0 Å². The summed E-state index contributed by atoms with van der Waals surface area (Å²) < 4.78 is 0. The predicted octanol–water partition coefficient (Wildman–Crippen LogP) is 3.67. The maximum absolute atomic E-state index is 9.90. The molecule has 1 aromatic carbocycles. The van der Waals surface area contributed by atoms with Crippen molar-refractivity contribution in [1.82, 2.24) is 0 Å². The average molecular weight is 246 g/mol. The Bertz CT molecular complexity index is 408. The van der Waals surface area contributed by atoms with Crippen molar-refractivity contribution in [3.63, 3.8) is 0 Å². The van der Waals surface area contributed by atoms with Crippen molar-refractivity contribution in [1.29, 1.82) is 0 Å². The van der Waals surface area contributed by atoms with Crippen molar-refractivity contribution in [3.8, 4) is 0 Å². The number of rotatable bonds is 6. The first-order chi connectivity index (χ1) is 8.34. The molecule has 2 aromatic rings. The molecule has 1 nitrogen and oxygen atoms in total. The molecule has 1 aromatic heterocycles. The van der Waals surface area contributed by atoms with Gasteiger partial charge in [0.1, 0.15) is 0 Å². The third kappa shape index (κ3) is 4.33. The van der Waals surface area contributed by atoms with Crippen LogP contribution in [0.15, 0.2) is 47.2 Å². The van der Waals surface area contributed by atoms with Gasteiger partial charge in [-0.15, -0.1) is 0 Å². The van der Waals surface area contributed by atoms with Crippen LogP contribution in [0.25, 0.3) is 0 Å². The number of hydrogen-bond acceptors (Lipinski definition) is 2. The zero-order chi connectivity index (χ0) is 11.9.